The number of ketones is 1. The number of hydrogen-bond acceptors (Lipinski definition) is 5. The first-order valence-corrected chi connectivity index (χ1v) is 9.08. The minimum absolute atomic E-state index is 0.0450. The summed E-state index contributed by atoms with van der Waals surface area (Å²) in [5, 5.41) is 15.2. The van der Waals surface area contributed by atoms with Gasteiger partial charge in [0.25, 0.3) is 5.91 Å². The number of amides is 1. The fourth-order valence-corrected chi connectivity index (χ4v) is 3.87. The number of rotatable bonds is 3. The Morgan fingerprint density at radius 3 is 2.67 bits per heavy atom. The van der Waals surface area contributed by atoms with Crippen molar-refractivity contribution in [3.05, 3.63) is 63.7 Å². The van der Waals surface area contributed by atoms with E-state index in [0.29, 0.717) is 28.9 Å². The summed E-state index contributed by atoms with van der Waals surface area (Å²) in [6.45, 7) is 3.55. The van der Waals surface area contributed by atoms with Crippen molar-refractivity contribution in [1.82, 2.24) is 4.90 Å². The van der Waals surface area contributed by atoms with Gasteiger partial charge in [-0.05, 0) is 42.6 Å². The van der Waals surface area contributed by atoms with Crippen molar-refractivity contribution in [2.75, 3.05) is 18.9 Å². The van der Waals surface area contributed by atoms with Gasteiger partial charge < -0.3 is 15.4 Å². The maximum atomic E-state index is 13.3. The summed E-state index contributed by atoms with van der Waals surface area (Å²) in [6.07, 6.45) is 1.65. The maximum absolute atomic E-state index is 13.3. The van der Waals surface area contributed by atoms with Crippen LogP contribution in [0.15, 0.2) is 35.5 Å². The van der Waals surface area contributed by atoms with Crippen molar-refractivity contribution in [2.45, 2.75) is 26.3 Å². The molecule has 0 aliphatic carbocycles. The summed E-state index contributed by atoms with van der Waals surface area (Å²) >= 11 is 0. The number of carbonyl (C=O) groups excluding carboxylic acids is 2. The predicted molar refractivity (Wildman–Crippen MR) is 103 cm³/mol. The van der Waals surface area contributed by atoms with Crippen molar-refractivity contribution in [3.8, 4) is 0 Å². The standard InChI is InChI=1S/C21H21N3O3/c1-3-12-4-6-13(7-5-12)20(25)15-10-16-18(22-21(26)19(16)23-27)17-11-24(2)9-8-14(15)17/h4-7,10,27H,3,8-9,11H2,1-2H3,(H,22,23,26). The lowest BCUT2D eigenvalue weighted by molar-refractivity contribution is -0.110. The van der Waals surface area contributed by atoms with Crippen LogP contribution in [0.4, 0.5) is 5.69 Å². The van der Waals surface area contributed by atoms with Crippen LogP contribution in [0.5, 0.6) is 0 Å². The molecule has 0 saturated heterocycles. The molecule has 6 nitrogen and oxygen atoms in total. The zero-order valence-electron chi connectivity index (χ0n) is 15.4. The lowest BCUT2D eigenvalue weighted by Crippen LogP contribution is -2.29. The molecule has 0 fully saturated rings. The zero-order valence-corrected chi connectivity index (χ0v) is 15.4. The van der Waals surface area contributed by atoms with Gasteiger partial charge in [-0.2, -0.15) is 0 Å². The molecular formula is C21H21N3O3. The van der Waals surface area contributed by atoms with E-state index >= 15 is 0 Å². The van der Waals surface area contributed by atoms with Gasteiger partial charge in [-0.3, -0.25) is 9.59 Å². The van der Waals surface area contributed by atoms with Crippen LogP contribution in [0.2, 0.25) is 0 Å². The second kappa shape index (κ2) is 6.63. The van der Waals surface area contributed by atoms with E-state index in [1.807, 2.05) is 31.3 Å². The van der Waals surface area contributed by atoms with Gasteiger partial charge in [0.1, 0.15) is 0 Å². The third-order valence-electron chi connectivity index (χ3n) is 5.40. The topological polar surface area (TPSA) is 82.0 Å². The highest BCUT2D eigenvalue weighted by Crippen LogP contribution is 2.36. The van der Waals surface area contributed by atoms with Gasteiger partial charge in [0.15, 0.2) is 11.5 Å². The predicted octanol–water partition coefficient (Wildman–Crippen LogP) is 2.60. The van der Waals surface area contributed by atoms with Gasteiger partial charge in [0.2, 0.25) is 0 Å². The van der Waals surface area contributed by atoms with E-state index < -0.39 is 5.91 Å². The number of nitrogens with one attached hydrogen (secondary N) is 1. The molecule has 27 heavy (non-hydrogen) atoms. The summed E-state index contributed by atoms with van der Waals surface area (Å²) in [6, 6.07) is 9.32. The summed E-state index contributed by atoms with van der Waals surface area (Å²) in [5.41, 5.74) is 5.38. The Labute approximate surface area is 157 Å². The molecule has 6 heteroatoms. The average Bonchev–Trinajstić information content (AvgIpc) is 3.02. The van der Waals surface area contributed by atoms with Crippen LogP contribution >= 0.6 is 0 Å². The number of benzene rings is 2. The van der Waals surface area contributed by atoms with Crippen LogP contribution < -0.4 is 5.32 Å². The fraction of sp³-hybridized carbons (Fsp3) is 0.286. The van der Waals surface area contributed by atoms with Crippen LogP contribution in [0.25, 0.3) is 0 Å². The molecule has 0 unspecified atom stereocenters. The lowest BCUT2D eigenvalue weighted by Gasteiger charge is -2.28. The molecule has 138 valence electrons. The molecule has 0 aromatic heterocycles. The van der Waals surface area contributed by atoms with Gasteiger partial charge in [-0.25, -0.2) is 0 Å². The molecule has 2 aliphatic heterocycles. The summed E-state index contributed by atoms with van der Waals surface area (Å²) in [5.74, 6) is -0.516. The second-order valence-electron chi connectivity index (χ2n) is 7.07. The number of nitrogens with zero attached hydrogens (tertiary/aromatic N) is 2. The van der Waals surface area contributed by atoms with E-state index in [9.17, 15) is 14.8 Å². The Kier molecular flexibility index (Phi) is 4.28. The molecule has 4 rings (SSSR count). The minimum Gasteiger partial charge on any atom is -0.410 e. The van der Waals surface area contributed by atoms with Crippen LogP contribution in [0.3, 0.4) is 0 Å². The van der Waals surface area contributed by atoms with Gasteiger partial charge in [0.05, 0.1) is 5.69 Å². The average molecular weight is 363 g/mol. The SMILES string of the molecule is CCc1ccc(C(=O)c2cc3c(c4c2CCN(C)C4)NC(=O)/C3=N\O)cc1. The van der Waals surface area contributed by atoms with Gasteiger partial charge >= 0.3 is 0 Å². The van der Waals surface area contributed by atoms with Crippen molar-refractivity contribution < 1.29 is 14.8 Å². The molecular weight excluding hydrogens is 342 g/mol. The van der Waals surface area contributed by atoms with E-state index in [0.717, 1.165) is 30.5 Å². The monoisotopic (exact) mass is 363 g/mol. The number of hydrogen-bond donors (Lipinski definition) is 2. The second-order valence-corrected chi connectivity index (χ2v) is 7.07. The van der Waals surface area contributed by atoms with E-state index in [1.54, 1.807) is 6.07 Å². The lowest BCUT2D eigenvalue weighted by atomic mass is 9.87. The molecule has 2 aromatic carbocycles. The van der Waals surface area contributed by atoms with Crippen LogP contribution in [-0.2, 0) is 24.2 Å². The Morgan fingerprint density at radius 1 is 1.26 bits per heavy atom. The Balaban J connectivity index is 1.88. The largest absolute Gasteiger partial charge is 0.410 e. The minimum atomic E-state index is -0.445. The molecule has 2 aromatic rings. The van der Waals surface area contributed by atoms with E-state index in [4.69, 9.17) is 0 Å². The number of anilines is 1. The molecule has 2 N–H and O–H groups in total. The van der Waals surface area contributed by atoms with E-state index in [1.165, 1.54) is 5.56 Å². The molecule has 0 bridgehead atoms. The number of likely N-dealkylation sites (N-methyl/N-ethyl adjacent to an activating group) is 1. The van der Waals surface area contributed by atoms with Crippen LogP contribution in [-0.4, -0.2) is 41.1 Å². The number of aryl methyl sites for hydroxylation is 1. The summed E-state index contributed by atoms with van der Waals surface area (Å²) < 4.78 is 0. The zero-order chi connectivity index (χ0) is 19.1. The third kappa shape index (κ3) is 2.82. The highest BCUT2D eigenvalue weighted by atomic mass is 16.4. The number of oxime groups is 1. The first-order chi connectivity index (χ1) is 13.0. The highest BCUT2D eigenvalue weighted by Gasteiger charge is 2.34. The first kappa shape index (κ1) is 17.4. The van der Waals surface area contributed by atoms with Crippen LogP contribution in [0.1, 0.15) is 45.1 Å². The smallest absolute Gasteiger partial charge is 0.278 e. The normalized spacial score (nSPS) is 17.6. The number of fused-ring (bicyclic) bond motifs is 3. The van der Waals surface area contributed by atoms with Gasteiger partial charge in [0, 0.05) is 29.8 Å². The molecule has 1 amide bonds. The van der Waals surface area contributed by atoms with E-state index in [-0.39, 0.29) is 11.5 Å². The first-order valence-electron chi connectivity index (χ1n) is 9.08. The van der Waals surface area contributed by atoms with Crippen molar-refractivity contribution in [1.29, 1.82) is 0 Å². The Morgan fingerprint density at radius 2 is 2.00 bits per heavy atom. The maximum Gasteiger partial charge on any atom is 0.278 e. The fourth-order valence-electron chi connectivity index (χ4n) is 3.87. The van der Waals surface area contributed by atoms with Crippen LogP contribution in [0, 0.1) is 0 Å². The Bertz CT molecular complexity index is 977. The quantitative estimate of drug-likeness (QED) is 0.499. The highest BCUT2D eigenvalue weighted by molar-refractivity contribution is 6.54. The summed E-state index contributed by atoms with van der Waals surface area (Å²) in [4.78, 5) is 27.6. The van der Waals surface area contributed by atoms with Gasteiger partial charge in [-0.15, -0.1) is 0 Å². The Hall–Kier alpha value is -2.99. The number of carbonyl (C=O) groups is 2. The molecule has 2 aliphatic rings. The van der Waals surface area contributed by atoms with Crippen molar-refractivity contribution in [2.24, 2.45) is 5.16 Å². The molecule has 0 radical (unpaired) electrons. The summed E-state index contributed by atoms with van der Waals surface area (Å²) in [7, 11) is 2.01. The van der Waals surface area contributed by atoms with Gasteiger partial charge in [-0.1, -0.05) is 36.3 Å². The molecule has 0 saturated carbocycles. The molecule has 0 spiro atoms. The van der Waals surface area contributed by atoms with Crippen molar-refractivity contribution >= 4 is 23.1 Å². The van der Waals surface area contributed by atoms with Crippen molar-refractivity contribution in [3.63, 3.8) is 0 Å². The third-order valence-corrected chi connectivity index (χ3v) is 5.40. The molecule has 0 atom stereocenters. The molecule has 2 heterocycles. The van der Waals surface area contributed by atoms with E-state index in [2.05, 4.69) is 22.3 Å².